The summed E-state index contributed by atoms with van der Waals surface area (Å²) in [7, 11) is 3.33. The van der Waals surface area contributed by atoms with E-state index in [0.29, 0.717) is 22.2 Å². The number of nitrogens with zero attached hydrogens (tertiary/aromatic N) is 2. The van der Waals surface area contributed by atoms with Crippen LogP contribution in [-0.4, -0.2) is 28.4 Å². The molecule has 0 atom stereocenters. The van der Waals surface area contributed by atoms with Crippen molar-refractivity contribution in [3.63, 3.8) is 0 Å². The van der Waals surface area contributed by atoms with Crippen molar-refractivity contribution in [2.45, 2.75) is 0 Å². The number of carbonyl (C=O) groups is 2. The number of aromatic nitrogens is 1. The van der Waals surface area contributed by atoms with E-state index >= 15 is 0 Å². The SMILES string of the molecule is CN1C(=O)/C(=C\C=CC=Cc2c(O)c3c4ccccc4ccc3n(C)c2=O)C(=O)c2c1ccc1ccccc21. The Morgan fingerprint density at radius 1 is 0.744 bits per heavy atom. The van der Waals surface area contributed by atoms with Gasteiger partial charge in [-0.2, -0.15) is 0 Å². The van der Waals surface area contributed by atoms with Crippen LogP contribution in [0.4, 0.5) is 5.69 Å². The second-order valence-corrected chi connectivity index (χ2v) is 9.51. The van der Waals surface area contributed by atoms with Gasteiger partial charge in [0.15, 0.2) is 0 Å². The maximum atomic E-state index is 13.4. The van der Waals surface area contributed by atoms with Gasteiger partial charge in [0, 0.05) is 19.5 Å². The summed E-state index contributed by atoms with van der Waals surface area (Å²) < 4.78 is 1.52. The van der Waals surface area contributed by atoms with Gasteiger partial charge < -0.3 is 14.6 Å². The van der Waals surface area contributed by atoms with Crippen molar-refractivity contribution in [2.24, 2.45) is 7.05 Å². The van der Waals surface area contributed by atoms with Crippen LogP contribution in [0.1, 0.15) is 15.9 Å². The number of Topliss-reactive ketones (excluding diaryl/α,β-unsaturated/α-hetero) is 1. The number of ketones is 1. The Morgan fingerprint density at radius 2 is 1.41 bits per heavy atom. The molecule has 0 unspecified atom stereocenters. The fourth-order valence-corrected chi connectivity index (χ4v) is 5.28. The smallest absolute Gasteiger partial charge is 0.262 e. The molecule has 6 nitrogen and oxygen atoms in total. The molecule has 1 aliphatic heterocycles. The zero-order valence-electron chi connectivity index (χ0n) is 21.4. The largest absolute Gasteiger partial charge is 0.506 e. The number of likely N-dealkylation sites (N-methyl/N-ethyl adjacent to an activating group) is 1. The van der Waals surface area contributed by atoms with Gasteiger partial charge >= 0.3 is 0 Å². The Balaban J connectivity index is 1.37. The number of amides is 1. The van der Waals surface area contributed by atoms with Crippen LogP contribution in [0.15, 0.2) is 107 Å². The average Bonchev–Trinajstić information content (AvgIpc) is 2.96. The van der Waals surface area contributed by atoms with Gasteiger partial charge in [-0.05, 0) is 45.8 Å². The van der Waals surface area contributed by atoms with E-state index in [4.69, 9.17) is 0 Å². The Morgan fingerprint density at radius 3 is 2.18 bits per heavy atom. The lowest BCUT2D eigenvalue weighted by Gasteiger charge is -2.27. The van der Waals surface area contributed by atoms with Crippen LogP contribution < -0.4 is 10.5 Å². The van der Waals surface area contributed by atoms with Gasteiger partial charge in [0.2, 0.25) is 5.78 Å². The number of hydrogen-bond donors (Lipinski definition) is 1. The molecule has 39 heavy (non-hydrogen) atoms. The second-order valence-electron chi connectivity index (χ2n) is 9.51. The van der Waals surface area contributed by atoms with E-state index in [0.717, 1.165) is 21.5 Å². The molecule has 5 aromatic rings. The molecule has 1 aliphatic rings. The van der Waals surface area contributed by atoms with Crippen molar-refractivity contribution in [1.29, 1.82) is 0 Å². The van der Waals surface area contributed by atoms with Gasteiger partial charge in [-0.3, -0.25) is 14.4 Å². The fraction of sp³-hybridized carbons (Fsp3) is 0.0606. The predicted octanol–water partition coefficient (Wildman–Crippen LogP) is 5.91. The molecular weight excluding hydrogens is 488 g/mol. The van der Waals surface area contributed by atoms with Crippen molar-refractivity contribution in [3.05, 3.63) is 124 Å². The fourth-order valence-electron chi connectivity index (χ4n) is 5.28. The van der Waals surface area contributed by atoms with Crippen LogP contribution in [-0.2, 0) is 11.8 Å². The molecule has 0 bridgehead atoms. The third-order valence-corrected chi connectivity index (χ3v) is 7.32. The summed E-state index contributed by atoms with van der Waals surface area (Å²) in [5.41, 5.74) is 1.61. The van der Waals surface area contributed by atoms with Crippen LogP contribution in [0.5, 0.6) is 5.75 Å². The van der Waals surface area contributed by atoms with E-state index in [9.17, 15) is 19.5 Å². The molecule has 0 spiro atoms. The lowest BCUT2D eigenvalue weighted by Crippen LogP contribution is -2.36. The van der Waals surface area contributed by atoms with Crippen molar-refractivity contribution in [2.75, 3.05) is 11.9 Å². The lowest BCUT2D eigenvalue weighted by atomic mass is 9.90. The van der Waals surface area contributed by atoms with E-state index in [1.54, 1.807) is 38.4 Å². The van der Waals surface area contributed by atoms with E-state index < -0.39 is 0 Å². The van der Waals surface area contributed by atoms with Crippen LogP contribution >= 0.6 is 0 Å². The minimum Gasteiger partial charge on any atom is -0.506 e. The summed E-state index contributed by atoms with van der Waals surface area (Å²) in [4.78, 5) is 40.9. The minimum atomic E-state index is -0.385. The van der Waals surface area contributed by atoms with Crippen molar-refractivity contribution in [3.8, 4) is 5.75 Å². The van der Waals surface area contributed by atoms with Crippen LogP contribution in [0.3, 0.4) is 0 Å². The summed E-state index contributed by atoms with van der Waals surface area (Å²) in [6, 6.07) is 22.7. The number of aryl methyl sites for hydroxylation is 1. The Labute approximate surface area is 224 Å². The molecule has 1 amide bonds. The summed E-state index contributed by atoms with van der Waals surface area (Å²) in [5.74, 6) is -0.800. The molecule has 0 saturated heterocycles. The highest BCUT2D eigenvalue weighted by Crippen LogP contribution is 2.35. The van der Waals surface area contributed by atoms with Crippen molar-refractivity contribution in [1.82, 2.24) is 4.57 Å². The monoisotopic (exact) mass is 512 g/mol. The lowest BCUT2D eigenvalue weighted by molar-refractivity contribution is -0.114. The summed E-state index contributed by atoms with van der Waals surface area (Å²) in [6.07, 6.45) is 7.84. The van der Waals surface area contributed by atoms with Gasteiger partial charge in [0.05, 0.1) is 27.9 Å². The van der Waals surface area contributed by atoms with Crippen LogP contribution in [0.2, 0.25) is 0 Å². The molecule has 0 aliphatic carbocycles. The van der Waals surface area contributed by atoms with Gasteiger partial charge in [-0.25, -0.2) is 0 Å². The first kappa shape index (κ1) is 24.1. The molecule has 6 heteroatoms. The first-order valence-corrected chi connectivity index (χ1v) is 12.5. The summed E-state index contributed by atoms with van der Waals surface area (Å²) >= 11 is 0. The maximum Gasteiger partial charge on any atom is 0.262 e. The molecule has 0 fully saturated rings. The number of benzene rings is 4. The molecule has 6 rings (SSSR count). The van der Waals surface area contributed by atoms with Gasteiger partial charge in [-0.1, -0.05) is 78.9 Å². The van der Waals surface area contributed by atoms with Crippen molar-refractivity contribution < 1.29 is 14.7 Å². The van der Waals surface area contributed by atoms with Gasteiger partial charge in [0.1, 0.15) is 5.75 Å². The number of allylic oxidation sites excluding steroid dienone is 4. The molecule has 2 heterocycles. The van der Waals surface area contributed by atoms with Crippen LogP contribution in [0.25, 0.3) is 38.5 Å². The highest BCUT2D eigenvalue weighted by Gasteiger charge is 2.33. The number of anilines is 1. The molecule has 0 radical (unpaired) electrons. The number of carbonyl (C=O) groups excluding carboxylic acids is 2. The van der Waals surface area contributed by atoms with Crippen LogP contribution in [0, 0.1) is 0 Å². The minimum absolute atomic E-state index is 0.0574. The van der Waals surface area contributed by atoms with Crippen molar-refractivity contribution >= 4 is 55.9 Å². The summed E-state index contributed by atoms with van der Waals surface area (Å²) in [5, 5.41) is 15.2. The van der Waals surface area contributed by atoms with E-state index in [1.807, 2.05) is 66.7 Å². The summed E-state index contributed by atoms with van der Waals surface area (Å²) in [6.45, 7) is 0. The average molecular weight is 513 g/mol. The zero-order chi connectivity index (χ0) is 27.3. The predicted molar refractivity (Wildman–Crippen MR) is 156 cm³/mol. The van der Waals surface area contributed by atoms with E-state index in [2.05, 4.69) is 0 Å². The number of hydrogen-bond acceptors (Lipinski definition) is 4. The molecule has 4 aromatic carbocycles. The maximum absolute atomic E-state index is 13.4. The third-order valence-electron chi connectivity index (χ3n) is 7.32. The quantitative estimate of drug-likeness (QED) is 0.141. The standard InChI is InChI=1S/C33H24N2O4/c1-34-26-18-16-20-10-6-8-12-22(20)28(26)30(36)24(32(34)38)14-4-3-5-15-25-31(37)29-23-13-9-7-11-21(23)17-19-27(29)35(2)33(25)39/h3-19,36H,1-2H3/b5-3?,14-4?,25-15-. The first-order valence-electron chi connectivity index (χ1n) is 12.5. The molecular formula is C33H24N2O4. The number of pyridine rings is 1. The Hall–Kier alpha value is -5.23. The Bertz CT molecular complexity index is 2010. The third kappa shape index (κ3) is 3.77. The number of aromatic hydroxyl groups is 1. The zero-order valence-corrected chi connectivity index (χ0v) is 21.4. The highest BCUT2D eigenvalue weighted by molar-refractivity contribution is 6.37. The van der Waals surface area contributed by atoms with E-state index in [1.165, 1.54) is 21.6 Å². The van der Waals surface area contributed by atoms with Gasteiger partial charge in [-0.15, -0.1) is 0 Å². The number of rotatable bonds is 3. The molecule has 190 valence electrons. The highest BCUT2D eigenvalue weighted by atomic mass is 16.3. The molecule has 1 N–H and O–H groups in total. The first-order chi connectivity index (χ1) is 18.9. The normalized spacial score (nSPS) is 15.0. The van der Waals surface area contributed by atoms with Gasteiger partial charge in [0.25, 0.3) is 11.5 Å². The molecule has 0 saturated carbocycles. The topological polar surface area (TPSA) is 79.6 Å². The second kappa shape index (κ2) is 9.26. The Kier molecular flexibility index (Phi) is 5.73. The molecule has 1 aromatic heterocycles. The van der Waals surface area contributed by atoms with E-state index in [-0.39, 0.29) is 34.1 Å². The number of fused-ring (bicyclic) bond motifs is 6.